The largest absolute Gasteiger partial charge is 0.461 e. The molecular weight excluding hydrogens is 376 g/mol. The van der Waals surface area contributed by atoms with Crippen molar-refractivity contribution in [2.24, 2.45) is 0 Å². The van der Waals surface area contributed by atoms with Gasteiger partial charge in [-0.15, -0.1) is 0 Å². The van der Waals surface area contributed by atoms with E-state index in [2.05, 4.69) is 105 Å². The lowest BCUT2D eigenvalue weighted by Crippen LogP contribution is -2.26. The summed E-state index contributed by atoms with van der Waals surface area (Å²) in [5.41, 5.74) is 5.01. The zero-order chi connectivity index (χ0) is 21.7. The first-order valence-electron chi connectivity index (χ1n) is 11.0. The van der Waals surface area contributed by atoms with Gasteiger partial charge in [-0.25, -0.2) is 0 Å². The summed E-state index contributed by atoms with van der Waals surface area (Å²) >= 11 is 0. The molecule has 2 aromatic rings. The second kappa shape index (κ2) is 9.22. The average Bonchev–Trinajstić information content (AvgIpc) is 3.04. The van der Waals surface area contributed by atoms with Crippen LogP contribution in [0.25, 0.3) is 0 Å². The molecule has 0 spiro atoms. The van der Waals surface area contributed by atoms with Crippen LogP contribution in [-0.2, 0) is 5.41 Å². The first kappa shape index (κ1) is 20.9. The second-order valence-electron chi connectivity index (χ2n) is 8.72. The van der Waals surface area contributed by atoms with Crippen LogP contribution in [0.2, 0.25) is 0 Å². The molecule has 0 saturated heterocycles. The number of fused-ring (bicyclic) bond motifs is 1. The zero-order valence-corrected chi connectivity index (χ0v) is 18.4. The van der Waals surface area contributed by atoms with Gasteiger partial charge in [-0.3, -0.25) is 0 Å². The Kier molecular flexibility index (Phi) is 6.23. The third kappa shape index (κ3) is 4.56. The molecule has 1 unspecified atom stereocenters. The van der Waals surface area contributed by atoms with E-state index in [4.69, 9.17) is 4.74 Å². The molecule has 1 heterocycles. The van der Waals surface area contributed by atoms with Crippen LogP contribution in [0.15, 0.2) is 121 Å². The summed E-state index contributed by atoms with van der Waals surface area (Å²) in [4.78, 5) is 0. The van der Waals surface area contributed by atoms with Crippen molar-refractivity contribution in [1.29, 1.82) is 0 Å². The van der Waals surface area contributed by atoms with Gasteiger partial charge in [-0.1, -0.05) is 118 Å². The molecule has 1 nitrogen and oxygen atoms in total. The number of rotatable bonds is 5. The quantitative estimate of drug-likeness (QED) is 0.458. The molecule has 0 saturated carbocycles. The molecule has 2 aliphatic rings. The summed E-state index contributed by atoms with van der Waals surface area (Å²) in [6.45, 7) is 8.36. The number of allylic oxidation sites excluding steroid dienone is 11. The minimum Gasteiger partial charge on any atom is -0.461 e. The van der Waals surface area contributed by atoms with Gasteiger partial charge in [0.2, 0.25) is 0 Å². The van der Waals surface area contributed by atoms with Gasteiger partial charge in [0.15, 0.2) is 0 Å². The molecule has 2 aromatic carbocycles. The van der Waals surface area contributed by atoms with E-state index in [1.54, 1.807) is 6.08 Å². The maximum Gasteiger partial charge on any atom is 0.134 e. The predicted octanol–water partition coefficient (Wildman–Crippen LogP) is 7.95. The SMILES string of the molecule is C=C/C=C\C=C1/CC(C)(C)c2cccc(C(C3=CC=CCC=C3)c3ccccc3)c2O1. The Morgan fingerprint density at radius 2 is 1.84 bits per heavy atom. The van der Waals surface area contributed by atoms with Crippen molar-refractivity contribution in [2.75, 3.05) is 0 Å². The Bertz CT molecular complexity index is 1090. The molecule has 1 atom stereocenters. The minimum atomic E-state index is -0.00768. The monoisotopic (exact) mass is 406 g/mol. The highest BCUT2D eigenvalue weighted by Crippen LogP contribution is 2.48. The van der Waals surface area contributed by atoms with Crippen molar-refractivity contribution in [1.82, 2.24) is 0 Å². The lowest BCUT2D eigenvalue weighted by Gasteiger charge is -2.36. The van der Waals surface area contributed by atoms with Gasteiger partial charge in [0.25, 0.3) is 0 Å². The van der Waals surface area contributed by atoms with Gasteiger partial charge in [0.1, 0.15) is 11.5 Å². The maximum atomic E-state index is 6.58. The molecule has 156 valence electrons. The van der Waals surface area contributed by atoms with Crippen LogP contribution in [0.3, 0.4) is 0 Å². The lowest BCUT2D eigenvalue weighted by molar-refractivity contribution is 0.308. The van der Waals surface area contributed by atoms with Gasteiger partial charge in [0, 0.05) is 28.9 Å². The van der Waals surface area contributed by atoms with Gasteiger partial charge >= 0.3 is 0 Å². The Balaban J connectivity index is 1.89. The van der Waals surface area contributed by atoms with Crippen LogP contribution in [0, 0.1) is 0 Å². The number of hydrogen-bond acceptors (Lipinski definition) is 1. The number of benzene rings is 2. The van der Waals surface area contributed by atoms with Crippen molar-refractivity contribution in [3.8, 4) is 5.75 Å². The minimum absolute atomic E-state index is 0.00768. The van der Waals surface area contributed by atoms with E-state index in [0.717, 1.165) is 24.4 Å². The first-order chi connectivity index (χ1) is 15.1. The summed E-state index contributed by atoms with van der Waals surface area (Å²) in [5, 5.41) is 0. The smallest absolute Gasteiger partial charge is 0.134 e. The summed E-state index contributed by atoms with van der Waals surface area (Å²) in [7, 11) is 0. The van der Waals surface area contributed by atoms with E-state index in [0.29, 0.717) is 0 Å². The molecule has 1 aliphatic carbocycles. The summed E-state index contributed by atoms with van der Waals surface area (Å²) in [6.07, 6.45) is 20.7. The van der Waals surface area contributed by atoms with Crippen LogP contribution in [-0.4, -0.2) is 0 Å². The van der Waals surface area contributed by atoms with Crippen molar-refractivity contribution in [2.45, 2.75) is 38.0 Å². The summed E-state index contributed by atoms with van der Waals surface area (Å²) < 4.78 is 6.58. The highest BCUT2D eigenvalue weighted by molar-refractivity contribution is 5.57. The standard InChI is InChI=1S/C30H30O/c1-4-5-9-19-25-22-30(2,3)27-21-14-20-26(29(27)31-25)28(24-17-12-8-13-18-24)23-15-10-6-7-11-16-23/h4-6,8-21,28H,1,7,22H2,2-3H3/b9-5-,25-19+. The number of para-hydroxylation sites is 1. The number of hydrogen-bond donors (Lipinski definition) is 0. The molecule has 4 rings (SSSR count). The molecular formula is C30H30O. The average molecular weight is 407 g/mol. The molecule has 0 N–H and O–H groups in total. The van der Waals surface area contributed by atoms with E-state index >= 15 is 0 Å². The fraction of sp³-hybridized carbons (Fsp3) is 0.200. The molecule has 1 heteroatoms. The lowest BCUT2D eigenvalue weighted by atomic mass is 9.75. The van der Waals surface area contributed by atoms with Crippen LogP contribution in [0.4, 0.5) is 0 Å². The molecule has 0 fully saturated rings. The van der Waals surface area contributed by atoms with Gasteiger partial charge in [-0.2, -0.15) is 0 Å². The van der Waals surface area contributed by atoms with Gasteiger partial charge < -0.3 is 4.74 Å². The predicted molar refractivity (Wildman–Crippen MR) is 131 cm³/mol. The van der Waals surface area contributed by atoms with E-state index in [1.807, 2.05) is 12.2 Å². The van der Waals surface area contributed by atoms with Gasteiger partial charge in [-0.05, 0) is 23.6 Å². The third-order valence-corrected chi connectivity index (χ3v) is 5.94. The summed E-state index contributed by atoms with van der Waals surface area (Å²) in [6, 6.07) is 17.3. The molecule has 0 radical (unpaired) electrons. The Morgan fingerprint density at radius 1 is 1.00 bits per heavy atom. The van der Waals surface area contributed by atoms with E-state index < -0.39 is 0 Å². The van der Waals surface area contributed by atoms with Crippen LogP contribution < -0.4 is 4.74 Å². The highest BCUT2D eigenvalue weighted by Gasteiger charge is 2.35. The Morgan fingerprint density at radius 3 is 2.65 bits per heavy atom. The topological polar surface area (TPSA) is 9.23 Å². The number of ether oxygens (including phenoxy) is 1. The van der Waals surface area contributed by atoms with Crippen molar-refractivity contribution < 1.29 is 4.74 Å². The second-order valence-corrected chi connectivity index (χ2v) is 8.72. The zero-order valence-electron chi connectivity index (χ0n) is 18.4. The molecule has 0 amide bonds. The fourth-order valence-corrected chi connectivity index (χ4v) is 4.45. The molecule has 31 heavy (non-hydrogen) atoms. The van der Waals surface area contributed by atoms with Gasteiger partial charge in [0.05, 0.1) is 0 Å². The normalized spacial score (nSPS) is 19.4. The molecule has 0 aromatic heterocycles. The van der Waals surface area contributed by atoms with Crippen LogP contribution in [0.1, 0.15) is 49.3 Å². The van der Waals surface area contributed by atoms with E-state index in [-0.39, 0.29) is 11.3 Å². The van der Waals surface area contributed by atoms with E-state index in [1.165, 1.54) is 22.3 Å². The van der Waals surface area contributed by atoms with Crippen molar-refractivity contribution in [3.63, 3.8) is 0 Å². The molecule has 1 aliphatic heterocycles. The molecule has 0 bridgehead atoms. The Hall–Kier alpha value is -3.32. The summed E-state index contributed by atoms with van der Waals surface area (Å²) in [5.74, 6) is 2.09. The maximum absolute atomic E-state index is 6.58. The van der Waals surface area contributed by atoms with E-state index in [9.17, 15) is 0 Å². The fourth-order valence-electron chi connectivity index (χ4n) is 4.45. The highest BCUT2D eigenvalue weighted by atomic mass is 16.5. The first-order valence-corrected chi connectivity index (χ1v) is 11.0. The van der Waals surface area contributed by atoms with Crippen LogP contribution in [0.5, 0.6) is 5.75 Å². The third-order valence-electron chi connectivity index (χ3n) is 5.94. The van der Waals surface area contributed by atoms with Crippen LogP contribution >= 0.6 is 0 Å². The van der Waals surface area contributed by atoms with Crippen molar-refractivity contribution in [3.05, 3.63) is 138 Å². The Labute approximate surface area is 186 Å². The van der Waals surface area contributed by atoms with Crippen molar-refractivity contribution >= 4 is 0 Å².